The van der Waals surface area contributed by atoms with Crippen molar-refractivity contribution in [2.45, 2.75) is 43.5 Å². The summed E-state index contributed by atoms with van der Waals surface area (Å²) in [5.74, 6) is -0.333. The van der Waals surface area contributed by atoms with Crippen LogP contribution in [0.15, 0.2) is 18.2 Å². The lowest BCUT2D eigenvalue weighted by molar-refractivity contribution is 0.196. The molecule has 0 radical (unpaired) electrons. The first-order chi connectivity index (χ1) is 10.5. The van der Waals surface area contributed by atoms with Crippen molar-refractivity contribution in [1.29, 1.82) is 0 Å². The van der Waals surface area contributed by atoms with Crippen molar-refractivity contribution in [2.24, 2.45) is 0 Å². The highest BCUT2D eigenvalue weighted by molar-refractivity contribution is 6.44. The van der Waals surface area contributed by atoms with Gasteiger partial charge in [0.25, 0.3) is 0 Å². The number of nitrogens with one attached hydrogen (secondary N) is 1. The van der Waals surface area contributed by atoms with Crippen LogP contribution >= 0.6 is 23.2 Å². The zero-order chi connectivity index (χ0) is 16.1. The first kappa shape index (κ1) is 17.4. The van der Waals surface area contributed by atoms with Crippen LogP contribution in [0.1, 0.15) is 42.9 Å². The summed E-state index contributed by atoms with van der Waals surface area (Å²) in [6.07, 6.45) is 4.29. The number of hydrogen-bond donors (Lipinski definition) is 1. The van der Waals surface area contributed by atoms with Gasteiger partial charge < -0.3 is 10.2 Å². The highest BCUT2D eigenvalue weighted by atomic mass is 35.5. The van der Waals surface area contributed by atoms with Crippen LogP contribution in [0.2, 0.25) is 0 Å². The van der Waals surface area contributed by atoms with E-state index in [1.165, 1.54) is 6.07 Å². The van der Waals surface area contributed by atoms with Gasteiger partial charge in [0.05, 0.1) is 6.04 Å². The van der Waals surface area contributed by atoms with Gasteiger partial charge in [-0.05, 0) is 37.0 Å². The van der Waals surface area contributed by atoms with Crippen LogP contribution in [0.3, 0.4) is 0 Å². The standard InChI is InChI=1S/C16H21Cl2FN2O/c1-11-6-7-12(10-13(11)19)14(15(17)18)20-16(22)21-8-4-2-3-5-9-21/h6-7,10,14-15H,2-5,8-9H2,1H3,(H,20,22). The van der Waals surface area contributed by atoms with E-state index in [2.05, 4.69) is 5.32 Å². The number of aryl methyl sites for hydroxylation is 1. The molecule has 1 aromatic rings. The Labute approximate surface area is 140 Å². The monoisotopic (exact) mass is 346 g/mol. The Morgan fingerprint density at radius 3 is 2.41 bits per heavy atom. The van der Waals surface area contributed by atoms with Gasteiger partial charge >= 0.3 is 6.03 Å². The van der Waals surface area contributed by atoms with Gasteiger partial charge in [-0.25, -0.2) is 9.18 Å². The molecule has 1 atom stereocenters. The van der Waals surface area contributed by atoms with Gasteiger partial charge in [-0.15, -0.1) is 23.2 Å². The van der Waals surface area contributed by atoms with Gasteiger partial charge in [0.15, 0.2) is 0 Å². The first-order valence-electron chi connectivity index (χ1n) is 7.58. The molecule has 1 unspecified atom stereocenters. The Hall–Kier alpha value is -1.00. The normalized spacial score (nSPS) is 17.2. The van der Waals surface area contributed by atoms with Gasteiger partial charge in [0.2, 0.25) is 0 Å². The van der Waals surface area contributed by atoms with Crippen molar-refractivity contribution < 1.29 is 9.18 Å². The molecule has 0 spiro atoms. The third-order valence-electron chi connectivity index (χ3n) is 3.98. The van der Waals surface area contributed by atoms with E-state index < -0.39 is 10.9 Å². The summed E-state index contributed by atoms with van der Waals surface area (Å²) in [5.41, 5.74) is 1.11. The van der Waals surface area contributed by atoms with Gasteiger partial charge in [-0.1, -0.05) is 25.0 Å². The lowest BCUT2D eigenvalue weighted by atomic mass is 10.1. The highest BCUT2D eigenvalue weighted by Crippen LogP contribution is 2.26. The number of halogens is 3. The maximum atomic E-state index is 13.7. The van der Waals surface area contributed by atoms with E-state index in [9.17, 15) is 9.18 Å². The van der Waals surface area contributed by atoms with Crippen LogP contribution in [0.4, 0.5) is 9.18 Å². The van der Waals surface area contributed by atoms with Crippen molar-refractivity contribution in [3.63, 3.8) is 0 Å². The SMILES string of the molecule is Cc1ccc(C(NC(=O)N2CCCCCC2)C(Cl)Cl)cc1F. The smallest absolute Gasteiger partial charge is 0.317 e. The molecule has 6 heteroatoms. The van der Waals surface area contributed by atoms with Crippen LogP contribution < -0.4 is 5.32 Å². The lowest BCUT2D eigenvalue weighted by Crippen LogP contribution is -2.43. The summed E-state index contributed by atoms with van der Waals surface area (Å²) in [5, 5.41) is 2.83. The molecule has 1 fully saturated rings. The summed E-state index contributed by atoms with van der Waals surface area (Å²) in [4.78, 5) is 13.3. The minimum atomic E-state index is -0.849. The maximum Gasteiger partial charge on any atom is 0.317 e. The number of nitrogens with zero attached hydrogens (tertiary/aromatic N) is 1. The largest absolute Gasteiger partial charge is 0.328 e. The molecule has 0 aromatic heterocycles. The molecule has 2 rings (SSSR count). The Morgan fingerprint density at radius 2 is 1.86 bits per heavy atom. The summed E-state index contributed by atoms with van der Waals surface area (Å²) in [6, 6.07) is 3.95. The number of urea groups is 1. The number of carbonyl (C=O) groups is 1. The van der Waals surface area contributed by atoms with E-state index in [4.69, 9.17) is 23.2 Å². The predicted molar refractivity (Wildman–Crippen MR) is 87.9 cm³/mol. The van der Waals surface area contributed by atoms with Crippen molar-refractivity contribution in [2.75, 3.05) is 13.1 Å². The van der Waals surface area contributed by atoms with E-state index in [1.807, 2.05) is 0 Å². The quantitative estimate of drug-likeness (QED) is 0.799. The summed E-state index contributed by atoms with van der Waals surface area (Å²) in [6.45, 7) is 3.15. The molecule has 0 aliphatic carbocycles. The van der Waals surface area contributed by atoms with Gasteiger partial charge in [-0.2, -0.15) is 0 Å². The van der Waals surface area contributed by atoms with Crippen molar-refractivity contribution in [3.8, 4) is 0 Å². The minimum absolute atomic E-state index is 0.195. The molecule has 1 N–H and O–H groups in total. The summed E-state index contributed by atoms with van der Waals surface area (Å²) >= 11 is 12.0. The van der Waals surface area contributed by atoms with Crippen LogP contribution in [-0.2, 0) is 0 Å². The second-order valence-electron chi connectivity index (χ2n) is 5.67. The minimum Gasteiger partial charge on any atom is -0.328 e. The molecular weight excluding hydrogens is 326 g/mol. The molecule has 1 aliphatic rings. The number of benzene rings is 1. The van der Waals surface area contributed by atoms with Crippen LogP contribution in [0.5, 0.6) is 0 Å². The molecule has 1 aliphatic heterocycles. The predicted octanol–water partition coefficient (Wildman–Crippen LogP) is 4.56. The van der Waals surface area contributed by atoms with Gasteiger partial charge in [0, 0.05) is 13.1 Å². The Bertz CT molecular complexity index is 517. The molecule has 3 nitrogen and oxygen atoms in total. The molecular formula is C16H21Cl2FN2O. The molecule has 122 valence electrons. The molecule has 2 amide bonds. The maximum absolute atomic E-state index is 13.7. The third kappa shape index (κ3) is 4.50. The van der Waals surface area contributed by atoms with E-state index >= 15 is 0 Å². The second kappa shape index (κ2) is 8.02. The van der Waals surface area contributed by atoms with Crippen molar-refractivity contribution in [3.05, 3.63) is 35.1 Å². The van der Waals surface area contributed by atoms with E-state index in [1.54, 1.807) is 24.0 Å². The lowest BCUT2D eigenvalue weighted by Gasteiger charge is -2.26. The molecule has 1 saturated heterocycles. The number of hydrogen-bond acceptors (Lipinski definition) is 1. The van der Waals surface area contributed by atoms with E-state index in [-0.39, 0.29) is 11.8 Å². The third-order valence-corrected chi connectivity index (χ3v) is 4.48. The van der Waals surface area contributed by atoms with E-state index in [0.717, 1.165) is 38.8 Å². The molecule has 0 bridgehead atoms. The summed E-state index contributed by atoms with van der Waals surface area (Å²) in [7, 11) is 0. The Balaban J connectivity index is 2.10. The topological polar surface area (TPSA) is 32.3 Å². The van der Waals surface area contributed by atoms with E-state index in [0.29, 0.717) is 11.1 Å². The average Bonchev–Trinajstić information content (AvgIpc) is 2.76. The van der Waals surface area contributed by atoms with Crippen molar-refractivity contribution >= 4 is 29.2 Å². The fraction of sp³-hybridized carbons (Fsp3) is 0.562. The van der Waals surface area contributed by atoms with Crippen LogP contribution in [0.25, 0.3) is 0 Å². The summed E-state index contributed by atoms with van der Waals surface area (Å²) < 4.78 is 13.7. The fourth-order valence-corrected chi connectivity index (χ4v) is 3.01. The van der Waals surface area contributed by atoms with Gasteiger partial charge in [-0.3, -0.25) is 0 Å². The molecule has 1 aromatic carbocycles. The molecule has 0 saturated carbocycles. The fourth-order valence-electron chi connectivity index (χ4n) is 2.59. The Morgan fingerprint density at radius 1 is 1.23 bits per heavy atom. The Kier molecular flexibility index (Phi) is 6.33. The number of rotatable bonds is 3. The highest BCUT2D eigenvalue weighted by Gasteiger charge is 2.25. The number of amides is 2. The zero-order valence-corrected chi connectivity index (χ0v) is 14.1. The average molecular weight is 347 g/mol. The first-order valence-corrected chi connectivity index (χ1v) is 8.46. The zero-order valence-electron chi connectivity index (χ0n) is 12.6. The van der Waals surface area contributed by atoms with Crippen molar-refractivity contribution in [1.82, 2.24) is 10.2 Å². The van der Waals surface area contributed by atoms with Gasteiger partial charge in [0.1, 0.15) is 10.7 Å². The van der Waals surface area contributed by atoms with Crippen LogP contribution in [0, 0.1) is 12.7 Å². The molecule has 22 heavy (non-hydrogen) atoms. The molecule has 1 heterocycles. The second-order valence-corrected chi connectivity index (χ2v) is 6.84. The number of carbonyl (C=O) groups excluding carboxylic acids is 1. The number of alkyl halides is 2. The van der Waals surface area contributed by atoms with Crippen LogP contribution in [-0.4, -0.2) is 28.9 Å². The number of likely N-dealkylation sites (tertiary alicyclic amines) is 1.